The van der Waals surface area contributed by atoms with E-state index in [4.69, 9.17) is 0 Å². The highest BCUT2D eigenvalue weighted by molar-refractivity contribution is 7.99. The number of aromatic carboxylic acids is 1. The number of carboxylic acids is 1. The van der Waals surface area contributed by atoms with E-state index in [0.717, 1.165) is 10.6 Å². The van der Waals surface area contributed by atoms with Gasteiger partial charge in [-0.1, -0.05) is 59.9 Å². The predicted octanol–water partition coefficient (Wildman–Crippen LogP) is 4.79. The zero-order valence-electron chi connectivity index (χ0n) is 13.3. The molecule has 0 radical (unpaired) electrons. The number of rotatable bonds is 6. The van der Waals surface area contributed by atoms with Crippen molar-refractivity contribution in [1.29, 1.82) is 0 Å². The average Bonchev–Trinajstić information content (AvgIpc) is 2.63. The van der Waals surface area contributed by atoms with E-state index in [-0.39, 0.29) is 11.4 Å². The highest BCUT2D eigenvalue weighted by Gasteiger charge is 2.21. The van der Waals surface area contributed by atoms with Gasteiger partial charge >= 0.3 is 5.97 Å². The SMILES string of the molecule is CSc1nc(Nc2ccccc2)c(C(=O)O)c(Sc2ccccc2)n1. The molecule has 0 amide bonds. The largest absolute Gasteiger partial charge is 0.477 e. The van der Waals surface area contributed by atoms with Gasteiger partial charge in [-0.2, -0.15) is 0 Å². The van der Waals surface area contributed by atoms with E-state index in [0.29, 0.717) is 10.2 Å². The number of thioether (sulfide) groups is 1. The van der Waals surface area contributed by atoms with Crippen LogP contribution < -0.4 is 5.32 Å². The first kappa shape index (κ1) is 17.3. The first-order valence-corrected chi connectivity index (χ1v) is 9.46. The fraction of sp³-hybridized carbons (Fsp3) is 0.0556. The van der Waals surface area contributed by atoms with Gasteiger partial charge in [0.2, 0.25) is 0 Å². The summed E-state index contributed by atoms with van der Waals surface area (Å²) in [5.41, 5.74) is 0.835. The number of benzene rings is 2. The number of hydrogen-bond donors (Lipinski definition) is 2. The van der Waals surface area contributed by atoms with Gasteiger partial charge in [0.25, 0.3) is 0 Å². The molecule has 0 aliphatic heterocycles. The third-order valence-corrected chi connectivity index (χ3v) is 4.79. The highest BCUT2D eigenvalue weighted by atomic mass is 32.2. The summed E-state index contributed by atoms with van der Waals surface area (Å²) in [6, 6.07) is 18.9. The maximum Gasteiger partial charge on any atom is 0.342 e. The van der Waals surface area contributed by atoms with Crippen molar-refractivity contribution >= 4 is 41.0 Å². The Morgan fingerprint density at radius 2 is 1.64 bits per heavy atom. The van der Waals surface area contributed by atoms with Gasteiger partial charge in [-0.25, -0.2) is 14.8 Å². The van der Waals surface area contributed by atoms with Crippen molar-refractivity contribution in [2.45, 2.75) is 15.1 Å². The molecule has 3 aromatic rings. The third-order valence-electron chi connectivity index (χ3n) is 3.25. The van der Waals surface area contributed by atoms with Crippen molar-refractivity contribution < 1.29 is 9.90 Å². The Morgan fingerprint density at radius 1 is 1.00 bits per heavy atom. The van der Waals surface area contributed by atoms with E-state index < -0.39 is 5.97 Å². The van der Waals surface area contributed by atoms with Crippen molar-refractivity contribution in [2.75, 3.05) is 11.6 Å². The summed E-state index contributed by atoms with van der Waals surface area (Å²) in [4.78, 5) is 21.6. The van der Waals surface area contributed by atoms with Crippen LogP contribution in [0.3, 0.4) is 0 Å². The lowest BCUT2D eigenvalue weighted by Crippen LogP contribution is -2.09. The summed E-state index contributed by atoms with van der Waals surface area (Å²) in [6.45, 7) is 0. The van der Waals surface area contributed by atoms with Gasteiger partial charge < -0.3 is 10.4 Å². The molecule has 0 aliphatic carbocycles. The summed E-state index contributed by atoms with van der Waals surface area (Å²) in [5.74, 6) is -0.777. The summed E-state index contributed by atoms with van der Waals surface area (Å²) in [6.07, 6.45) is 1.86. The molecule has 1 aromatic heterocycles. The number of aromatic nitrogens is 2. The Morgan fingerprint density at radius 3 is 2.24 bits per heavy atom. The molecule has 0 atom stereocenters. The molecular weight excluding hydrogens is 354 g/mol. The second kappa shape index (κ2) is 8.04. The van der Waals surface area contributed by atoms with Crippen LogP contribution in [0.4, 0.5) is 11.5 Å². The Kier molecular flexibility index (Phi) is 5.57. The van der Waals surface area contributed by atoms with E-state index in [2.05, 4.69) is 15.3 Å². The second-order valence-corrected chi connectivity index (χ2v) is 6.79. The average molecular weight is 369 g/mol. The fourth-order valence-corrected chi connectivity index (χ4v) is 3.48. The van der Waals surface area contributed by atoms with Crippen molar-refractivity contribution in [1.82, 2.24) is 9.97 Å². The van der Waals surface area contributed by atoms with Crippen LogP contribution in [-0.4, -0.2) is 27.3 Å². The van der Waals surface area contributed by atoms with Crippen LogP contribution >= 0.6 is 23.5 Å². The number of carbonyl (C=O) groups is 1. The van der Waals surface area contributed by atoms with Gasteiger partial charge in [0, 0.05) is 10.6 Å². The molecule has 25 heavy (non-hydrogen) atoms. The normalized spacial score (nSPS) is 10.4. The number of anilines is 2. The lowest BCUT2D eigenvalue weighted by molar-refractivity contribution is 0.0692. The third kappa shape index (κ3) is 4.32. The Labute approximate surface area is 153 Å². The molecule has 0 saturated heterocycles. The summed E-state index contributed by atoms with van der Waals surface area (Å²) in [7, 11) is 0. The maximum absolute atomic E-state index is 11.9. The first-order chi connectivity index (χ1) is 12.2. The van der Waals surface area contributed by atoms with Crippen molar-refractivity contribution in [3.8, 4) is 0 Å². The van der Waals surface area contributed by atoms with E-state index in [9.17, 15) is 9.90 Å². The van der Waals surface area contributed by atoms with Crippen LogP contribution in [0, 0.1) is 0 Å². The molecule has 0 unspecified atom stereocenters. The van der Waals surface area contributed by atoms with Gasteiger partial charge in [-0.05, 0) is 30.5 Å². The van der Waals surface area contributed by atoms with Crippen LogP contribution in [0.1, 0.15) is 10.4 Å². The number of carboxylic acid groups (broad SMARTS) is 1. The zero-order chi connectivity index (χ0) is 17.6. The molecule has 0 spiro atoms. The van der Waals surface area contributed by atoms with E-state index in [1.54, 1.807) is 0 Å². The molecule has 3 rings (SSSR count). The van der Waals surface area contributed by atoms with E-state index >= 15 is 0 Å². The molecule has 0 fully saturated rings. The topological polar surface area (TPSA) is 75.1 Å². The lowest BCUT2D eigenvalue weighted by Gasteiger charge is -2.13. The van der Waals surface area contributed by atoms with Crippen LogP contribution in [0.2, 0.25) is 0 Å². The van der Waals surface area contributed by atoms with Gasteiger partial charge in [0.1, 0.15) is 10.6 Å². The molecular formula is C18H15N3O2S2. The minimum Gasteiger partial charge on any atom is -0.477 e. The lowest BCUT2D eigenvalue weighted by atomic mass is 10.2. The molecule has 1 heterocycles. The predicted molar refractivity (Wildman–Crippen MR) is 101 cm³/mol. The molecule has 0 aliphatic rings. The molecule has 126 valence electrons. The minimum atomic E-state index is -1.07. The Hall–Kier alpha value is -2.51. The van der Waals surface area contributed by atoms with Crippen LogP contribution in [0.25, 0.3) is 0 Å². The number of hydrogen-bond acceptors (Lipinski definition) is 6. The van der Waals surface area contributed by atoms with Crippen molar-refractivity contribution in [3.05, 3.63) is 66.2 Å². The first-order valence-electron chi connectivity index (χ1n) is 7.41. The highest BCUT2D eigenvalue weighted by Crippen LogP contribution is 2.34. The maximum atomic E-state index is 11.9. The molecule has 7 heteroatoms. The smallest absolute Gasteiger partial charge is 0.342 e. The fourth-order valence-electron chi connectivity index (χ4n) is 2.13. The van der Waals surface area contributed by atoms with Crippen LogP contribution in [-0.2, 0) is 0 Å². The van der Waals surface area contributed by atoms with E-state index in [1.165, 1.54) is 23.5 Å². The summed E-state index contributed by atoms with van der Waals surface area (Å²) in [5, 5.41) is 13.8. The monoisotopic (exact) mass is 369 g/mol. The Bertz CT molecular complexity index is 811. The van der Waals surface area contributed by atoms with Crippen molar-refractivity contribution in [3.63, 3.8) is 0 Å². The molecule has 0 saturated carbocycles. The summed E-state index contributed by atoms with van der Waals surface area (Å²) < 4.78 is 0. The van der Waals surface area contributed by atoms with Gasteiger partial charge in [0.15, 0.2) is 11.0 Å². The quantitative estimate of drug-likeness (QED) is 0.367. The minimum absolute atomic E-state index is 0.0653. The van der Waals surface area contributed by atoms with Crippen molar-refractivity contribution in [2.24, 2.45) is 0 Å². The number of para-hydroxylation sites is 1. The Balaban J connectivity index is 2.07. The number of nitrogens with one attached hydrogen (secondary N) is 1. The molecule has 2 aromatic carbocycles. The van der Waals surface area contributed by atoms with Gasteiger partial charge in [0.05, 0.1) is 0 Å². The van der Waals surface area contributed by atoms with Crippen LogP contribution in [0.5, 0.6) is 0 Å². The van der Waals surface area contributed by atoms with Gasteiger partial charge in [-0.15, -0.1) is 0 Å². The molecule has 2 N–H and O–H groups in total. The second-order valence-electron chi connectivity index (χ2n) is 4.95. The molecule has 0 bridgehead atoms. The standard InChI is InChI=1S/C18H15N3O2S2/c1-24-18-20-15(19-12-8-4-2-5-9-12)14(17(22)23)16(21-18)25-13-10-6-3-7-11-13/h2-11H,1H3,(H,22,23)(H,19,20,21). The number of nitrogens with zero attached hydrogens (tertiary/aromatic N) is 2. The van der Waals surface area contributed by atoms with E-state index in [1.807, 2.05) is 66.9 Å². The van der Waals surface area contributed by atoms with Gasteiger partial charge in [-0.3, -0.25) is 0 Å². The summed E-state index contributed by atoms with van der Waals surface area (Å²) >= 11 is 2.68. The zero-order valence-corrected chi connectivity index (χ0v) is 15.0. The molecule has 5 nitrogen and oxygen atoms in total. The van der Waals surface area contributed by atoms with Crippen LogP contribution in [0.15, 0.2) is 75.7 Å².